The van der Waals surface area contributed by atoms with E-state index in [1.54, 1.807) is 11.8 Å². The zero-order valence-corrected chi connectivity index (χ0v) is 17.6. The van der Waals surface area contributed by atoms with Crippen molar-refractivity contribution in [1.29, 1.82) is 0 Å². The van der Waals surface area contributed by atoms with Gasteiger partial charge in [-0.05, 0) is 22.3 Å². The second-order valence-corrected chi connectivity index (χ2v) is 8.04. The number of hydrogen-bond donors (Lipinski definition) is 0. The Morgan fingerprint density at radius 1 is 0.742 bits per heavy atom. The third kappa shape index (κ3) is 4.75. The van der Waals surface area contributed by atoms with Crippen LogP contribution in [0.1, 0.15) is 11.5 Å². The van der Waals surface area contributed by atoms with Gasteiger partial charge in [0, 0.05) is 17.5 Å². The summed E-state index contributed by atoms with van der Waals surface area (Å²) in [5.74, 6) is 1.31. The maximum absolute atomic E-state index is 5.82. The van der Waals surface area contributed by atoms with Crippen LogP contribution < -0.4 is 0 Å². The van der Waals surface area contributed by atoms with Gasteiger partial charge in [-0.1, -0.05) is 96.7 Å². The molecule has 152 valence electrons. The van der Waals surface area contributed by atoms with Crippen molar-refractivity contribution < 1.29 is 4.42 Å². The van der Waals surface area contributed by atoms with Crippen LogP contribution in [0.25, 0.3) is 22.3 Å². The summed E-state index contributed by atoms with van der Waals surface area (Å²) in [5.41, 5.74) is 5.83. The lowest BCUT2D eigenvalue weighted by Crippen LogP contribution is -1.99. The van der Waals surface area contributed by atoms with Crippen molar-refractivity contribution >= 4 is 11.8 Å². The van der Waals surface area contributed by atoms with E-state index in [9.17, 15) is 0 Å². The molecule has 31 heavy (non-hydrogen) atoms. The number of rotatable bonds is 7. The molecule has 0 amide bonds. The maximum atomic E-state index is 5.82. The molecule has 0 N–H and O–H groups in total. The van der Waals surface area contributed by atoms with Crippen molar-refractivity contribution in [3.63, 3.8) is 0 Å². The van der Waals surface area contributed by atoms with E-state index in [0.717, 1.165) is 16.9 Å². The first-order valence-corrected chi connectivity index (χ1v) is 11.0. The zero-order chi connectivity index (χ0) is 20.9. The fraction of sp³-hybridized carbons (Fsp3) is 0.0800. The summed E-state index contributed by atoms with van der Waals surface area (Å²) < 4.78 is 7.63. The molecule has 2 aromatic heterocycles. The smallest absolute Gasteiger partial charge is 0.276 e. The van der Waals surface area contributed by atoms with Gasteiger partial charge < -0.3 is 4.42 Å². The lowest BCUT2D eigenvalue weighted by molar-refractivity contribution is 0.398. The van der Waals surface area contributed by atoms with Crippen molar-refractivity contribution in [2.75, 3.05) is 0 Å². The molecule has 0 spiro atoms. The van der Waals surface area contributed by atoms with Crippen LogP contribution in [0.2, 0.25) is 0 Å². The summed E-state index contributed by atoms with van der Waals surface area (Å²) in [6.07, 6.45) is 3.84. The minimum Gasteiger partial charge on any atom is -0.414 e. The molecule has 3 aromatic carbocycles. The van der Waals surface area contributed by atoms with E-state index in [2.05, 4.69) is 76.0 Å². The van der Waals surface area contributed by atoms with Gasteiger partial charge in [0.25, 0.3) is 5.22 Å². The Morgan fingerprint density at radius 3 is 2.23 bits per heavy atom. The first kappa shape index (κ1) is 19.3. The molecule has 0 aliphatic carbocycles. The summed E-state index contributed by atoms with van der Waals surface area (Å²) in [4.78, 5) is 0. The van der Waals surface area contributed by atoms with Crippen molar-refractivity contribution in [1.82, 2.24) is 20.0 Å². The van der Waals surface area contributed by atoms with Gasteiger partial charge >= 0.3 is 0 Å². The highest BCUT2D eigenvalue weighted by atomic mass is 32.2. The Balaban J connectivity index is 1.22. The van der Waals surface area contributed by atoms with Crippen LogP contribution >= 0.6 is 11.8 Å². The van der Waals surface area contributed by atoms with Crippen LogP contribution in [0.5, 0.6) is 0 Å². The molecule has 2 heterocycles. The quantitative estimate of drug-likeness (QED) is 0.303. The van der Waals surface area contributed by atoms with Crippen LogP contribution in [0, 0.1) is 0 Å². The number of aromatic nitrogens is 4. The Hall–Kier alpha value is -3.64. The summed E-state index contributed by atoms with van der Waals surface area (Å²) in [5, 5.41) is 13.3. The molecule has 0 aliphatic heterocycles. The molecule has 0 unspecified atom stereocenters. The molecule has 0 fully saturated rings. The molecule has 0 saturated carbocycles. The number of benzene rings is 3. The molecule has 0 atom stereocenters. The first-order chi connectivity index (χ1) is 15.3. The van der Waals surface area contributed by atoms with Gasteiger partial charge in [0.2, 0.25) is 5.89 Å². The first-order valence-electron chi connectivity index (χ1n) is 10.0. The van der Waals surface area contributed by atoms with E-state index in [4.69, 9.17) is 4.42 Å². The third-order valence-electron chi connectivity index (χ3n) is 4.88. The molecule has 0 saturated heterocycles. The van der Waals surface area contributed by atoms with Gasteiger partial charge in [-0.25, -0.2) is 0 Å². The molecule has 0 bridgehead atoms. The predicted molar refractivity (Wildman–Crippen MR) is 123 cm³/mol. The average Bonchev–Trinajstić information content (AvgIpc) is 3.49. The van der Waals surface area contributed by atoms with Gasteiger partial charge in [0.1, 0.15) is 6.54 Å². The van der Waals surface area contributed by atoms with Crippen molar-refractivity contribution in [2.45, 2.75) is 17.5 Å². The van der Waals surface area contributed by atoms with E-state index >= 15 is 0 Å². The number of thioether (sulfide) groups is 1. The van der Waals surface area contributed by atoms with Crippen LogP contribution in [-0.2, 0) is 12.3 Å². The van der Waals surface area contributed by atoms with E-state index in [0.29, 0.717) is 17.7 Å². The molecule has 0 aliphatic rings. The monoisotopic (exact) mass is 424 g/mol. The van der Waals surface area contributed by atoms with E-state index in [-0.39, 0.29) is 0 Å². The highest BCUT2D eigenvalue weighted by molar-refractivity contribution is 7.98. The average molecular weight is 425 g/mol. The SMILES string of the molecule is c1ccc(-c2cccc(CSc3nnc(Cn4cc(-c5ccccc5)cn4)o3)c2)cc1. The molecular weight excluding hydrogens is 404 g/mol. The number of nitrogens with zero attached hydrogens (tertiary/aromatic N) is 4. The van der Waals surface area contributed by atoms with Gasteiger partial charge in [0.15, 0.2) is 0 Å². The highest BCUT2D eigenvalue weighted by Crippen LogP contribution is 2.26. The van der Waals surface area contributed by atoms with Gasteiger partial charge in [-0.15, -0.1) is 10.2 Å². The summed E-state index contributed by atoms with van der Waals surface area (Å²) >= 11 is 1.54. The van der Waals surface area contributed by atoms with Crippen molar-refractivity contribution in [3.8, 4) is 22.3 Å². The van der Waals surface area contributed by atoms with Crippen molar-refractivity contribution in [2.24, 2.45) is 0 Å². The number of hydrogen-bond acceptors (Lipinski definition) is 5. The standard InChI is InChI=1S/C25H20N4OS/c1-3-9-20(10-4-1)22-13-7-8-19(14-22)18-31-25-28-27-24(30-25)17-29-16-23(15-26-29)21-11-5-2-6-12-21/h1-16H,17-18H2. The van der Waals surface area contributed by atoms with Crippen molar-refractivity contribution in [3.05, 3.63) is 109 Å². The molecular formula is C25H20N4OS. The highest BCUT2D eigenvalue weighted by Gasteiger charge is 2.10. The van der Waals surface area contributed by atoms with Crippen LogP contribution in [0.15, 0.2) is 107 Å². The molecule has 6 heteroatoms. The summed E-state index contributed by atoms with van der Waals surface area (Å²) in [6, 6.07) is 29.1. The fourth-order valence-corrected chi connectivity index (χ4v) is 4.07. The molecule has 5 aromatic rings. The summed E-state index contributed by atoms with van der Waals surface area (Å²) in [7, 11) is 0. The topological polar surface area (TPSA) is 56.7 Å². The molecule has 5 nitrogen and oxygen atoms in total. The second-order valence-electron chi connectivity index (χ2n) is 7.11. The molecule has 5 rings (SSSR count). The summed E-state index contributed by atoms with van der Waals surface area (Å²) in [6.45, 7) is 0.448. The Bertz CT molecular complexity index is 1260. The van der Waals surface area contributed by atoms with Crippen LogP contribution in [0.4, 0.5) is 0 Å². The largest absolute Gasteiger partial charge is 0.414 e. The zero-order valence-electron chi connectivity index (χ0n) is 16.8. The minimum absolute atomic E-state index is 0.448. The van der Waals surface area contributed by atoms with Gasteiger partial charge in [-0.3, -0.25) is 4.68 Å². The lowest BCUT2D eigenvalue weighted by atomic mass is 10.0. The minimum atomic E-state index is 0.448. The maximum Gasteiger partial charge on any atom is 0.276 e. The van der Waals surface area contributed by atoms with Crippen LogP contribution in [-0.4, -0.2) is 20.0 Å². The molecule has 0 radical (unpaired) electrons. The lowest BCUT2D eigenvalue weighted by Gasteiger charge is -2.04. The van der Waals surface area contributed by atoms with E-state index in [1.165, 1.54) is 16.7 Å². The second kappa shape index (κ2) is 9.02. The predicted octanol–water partition coefficient (Wildman–Crippen LogP) is 5.94. The Morgan fingerprint density at radius 2 is 1.45 bits per heavy atom. The van der Waals surface area contributed by atoms with Gasteiger partial charge in [-0.2, -0.15) is 5.10 Å². The van der Waals surface area contributed by atoms with E-state index < -0.39 is 0 Å². The van der Waals surface area contributed by atoms with E-state index in [1.807, 2.05) is 41.3 Å². The fourth-order valence-electron chi connectivity index (χ4n) is 3.35. The Labute approximate surface area is 184 Å². The van der Waals surface area contributed by atoms with Crippen LogP contribution in [0.3, 0.4) is 0 Å². The Kier molecular flexibility index (Phi) is 5.62. The normalized spacial score (nSPS) is 11.0. The van der Waals surface area contributed by atoms with Gasteiger partial charge in [0.05, 0.1) is 6.20 Å². The third-order valence-corrected chi connectivity index (χ3v) is 5.77.